The third-order valence-corrected chi connectivity index (χ3v) is 3.42. The fraction of sp³-hybridized carbons (Fsp3) is 0.400. The van der Waals surface area contributed by atoms with Crippen LogP contribution in [0.3, 0.4) is 0 Å². The van der Waals surface area contributed by atoms with Crippen LogP contribution in [0.4, 0.5) is 0 Å². The van der Waals surface area contributed by atoms with Crippen LogP contribution in [-0.2, 0) is 0 Å². The maximum Gasteiger partial charge on any atom is 0.255 e. The zero-order valence-electron chi connectivity index (χ0n) is 10.7. The molecule has 0 bridgehead atoms. The number of amides is 1. The Labute approximate surface area is 108 Å². The van der Waals surface area contributed by atoms with Gasteiger partial charge in [-0.3, -0.25) is 4.79 Å². The van der Waals surface area contributed by atoms with Crippen molar-refractivity contribution in [3.05, 3.63) is 35.4 Å². The van der Waals surface area contributed by atoms with E-state index in [0.717, 1.165) is 32.7 Å². The summed E-state index contributed by atoms with van der Waals surface area (Å²) in [7, 11) is 0. The normalized spacial score (nSPS) is 16.3. The Hall–Kier alpha value is -1.79. The SMILES string of the molecule is C#Cc1ccccc1C(=O)N1CCN(CC)CC1. The van der Waals surface area contributed by atoms with Crippen molar-refractivity contribution in [2.45, 2.75) is 6.92 Å². The van der Waals surface area contributed by atoms with Crippen molar-refractivity contribution in [1.82, 2.24) is 9.80 Å². The summed E-state index contributed by atoms with van der Waals surface area (Å²) in [5, 5.41) is 0. The summed E-state index contributed by atoms with van der Waals surface area (Å²) in [6.07, 6.45) is 5.43. The molecule has 1 aromatic carbocycles. The molecule has 1 fully saturated rings. The van der Waals surface area contributed by atoms with Gasteiger partial charge in [-0.05, 0) is 18.7 Å². The van der Waals surface area contributed by atoms with E-state index in [1.807, 2.05) is 29.2 Å². The first-order valence-electron chi connectivity index (χ1n) is 6.33. The van der Waals surface area contributed by atoms with Crippen molar-refractivity contribution in [3.63, 3.8) is 0 Å². The first-order chi connectivity index (χ1) is 8.76. The Balaban J connectivity index is 2.11. The maximum absolute atomic E-state index is 12.4. The second-order valence-corrected chi connectivity index (χ2v) is 4.42. The summed E-state index contributed by atoms with van der Waals surface area (Å²) in [5.74, 6) is 2.63. The Morgan fingerprint density at radius 3 is 2.56 bits per heavy atom. The van der Waals surface area contributed by atoms with Gasteiger partial charge in [-0.15, -0.1) is 6.42 Å². The molecule has 1 aromatic rings. The molecule has 0 aromatic heterocycles. The molecule has 0 unspecified atom stereocenters. The molecule has 2 rings (SSSR count). The third-order valence-electron chi connectivity index (χ3n) is 3.42. The van der Waals surface area contributed by atoms with Crippen LogP contribution in [0.1, 0.15) is 22.8 Å². The summed E-state index contributed by atoms with van der Waals surface area (Å²) >= 11 is 0. The van der Waals surface area contributed by atoms with Gasteiger partial charge >= 0.3 is 0 Å². The highest BCUT2D eigenvalue weighted by molar-refractivity contribution is 5.96. The molecule has 1 aliphatic rings. The van der Waals surface area contributed by atoms with Crippen molar-refractivity contribution < 1.29 is 4.79 Å². The molecule has 3 nitrogen and oxygen atoms in total. The molecular formula is C15H18N2O. The maximum atomic E-state index is 12.4. The van der Waals surface area contributed by atoms with E-state index in [4.69, 9.17) is 6.42 Å². The molecule has 0 saturated carbocycles. The molecule has 0 N–H and O–H groups in total. The van der Waals surface area contributed by atoms with Crippen LogP contribution >= 0.6 is 0 Å². The van der Waals surface area contributed by atoms with Crippen LogP contribution in [0.2, 0.25) is 0 Å². The summed E-state index contributed by atoms with van der Waals surface area (Å²) in [5.41, 5.74) is 1.32. The van der Waals surface area contributed by atoms with Crippen LogP contribution in [0.25, 0.3) is 0 Å². The van der Waals surface area contributed by atoms with Gasteiger partial charge in [-0.2, -0.15) is 0 Å². The van der Waals surface area contributed by atoms with Gasteiger partial charge in [0.05, 0.1) is 5.56 Å². The number of piperazine rings is 1. The highest BCUT2D eigenvalue weighted by atomic mass is 16.2. The molecule has 0 atom stereocenters. The fourth-order valence-electron chi connectivity index (χ4n) is 2.23. The van der Waals surface area contributed by atoms with Crippen molar-refractivity contribution in [2.24, 2.45) is 0 Å². The quantitative estimate of drug-likeness (QED) is 0.733. The minimum absolute atomic E-state index is 0.0549. The third kappa shape index (κ3) is 2.55. The average Bonchev–Trinajstić information content (AvgIpc) is 2.46. The van der Waals surface area contributed by atoms with Gasteiger partial charge in [0, 0.05) is 31.7 Å². The smallest absolute Gasteiger partial charge is 0.255 e. The number of carbonyl (C=O) groups is 1. The molecule has 1 heterocycles. The topological polar surface area (TPSA) is 23.6 Å². The molecule has 0 aliphatic carbocycles. The predicted octanol–water partition coefficient (Wildman–Crippen LogP) is 1.45. The van der Waals surface area contributed by atoms with Gasteiger partial charge in [0.2, 0.25) is 0 Å². The van der Waals surface area contributed by atoms with E-state index in [1.165, 1.54) is 0 Å². The Kier molecular flexibility index (Phi) is 4.01. The van der Waals surface area contributed by atoms with Gasteiger partial charge < -0.3 is 9.80 Å². The lowest BCUT2D eigenvalue weighted by Crippen LogP contribution is -2.48. The molecule has 94 valence electrons. The van der Waals surface area contributed by atoms with Gasteiger partial charge in [-0.25, -0.2) is 0 Å². The first-order valence-corrected chi connectivity index (χ1v) is 6.33. The second-order valence-electron chi connectivity index (χ2n) is 4.42. The molecule has 1 aliphatic heterocycles. The summed E-state index contributed by atoms with van der Waals surface area (Å²) in [6, 6.07) is 7.34. The first kappa shape index (κ1) is 12.7. The van der Waals surface area contributed by atoms with Gasteiger partial charge in [-0.1, -0.05) is 25.0 Å². The molecule has 1 saturated heterocycles. The van der Waals surface area contributed by atoms with Crippen LogP contribution in [0, 0.1) is 12.3 Å². The number of rotatable bonds is 2. The van der Waals surface area contributed by atoms with E-state index in [9.17, 15) is 4.79 Å². The fourth-order valence-corrected chi connectivity index (χ4v) is 2.23. The minimum atomic E-state index is 0.0549. The predicted molar refractivity (Wildman–Crippen MR) is 72.4 cm³/mol. The number of hydrogen-bond donors (Lipinski definition) is 0. The van der Waals surface area contributed by atoms with Crippen LogP contribution < -0.4 is 0 Å². The van der Waals surface area contributed by atoms with E-state index >= 15 is 0 Å². The van der Waals surface area contributed by atoms with E-state index in [-0.39, 0.29) is 5.91 Å². The van der Waals surface area contributed by atoms with Gasteiger partial charge in [0.15, 0.2) is 0 Å². The zero-order valence-corrected chi connectivity index (χ0v) is 10.7. The van der Waals surface area contributed by atoms with Crippen LogP contribution in [0.5, 0.6) is 0 Å². The highest BCUT2D eigenvalue weighted by Gasteiger charge is 2.22. The lowest BCUT2D eigenvalue weighted by atomic mass is 10.1. The second kappa shape index (κ2) is 5.70. The molecule has 0 radical (unpaired) electrons. The standard InChI is InChI=1S/C15H18N2O/c1-3-13-7-5-6-8-14(13)15(18)17-11-9-16(4-2)10-12-17/h1,5-8H,4,9-12H2,2H3. The van der Waals surface area contributed by atoms with Gasteiger partial charge in [0.1, 0.15) is 0 Å². The van der Waals surface area contributed by atoms with E-state index in [0.29, 0.717) is 11.1 Å². The van der Waals surface area contributed by atoms with Crippen molar-refractivity contribution in [2.75, 3.05) is 32.7 Å². The van der Waals surface area contributed by atoms with Crippen LogP contribution in [-0.4, -0.2) is 48.4 Å². The number of likely N-dealkylation sites (N-methyl/N-ethyl adjacent to an activating group) is 1. The van der Waals surface area contributed by atoms with Crippen molar-refractivity contribution in [1.29, 1.82) is 0 Å². The zero-order chi connectivity index (χ0) is 13.0. The summed E-state index contributed by atoms with van der Waals surface area (Å²) in [6.45, 7) is 6.65. The van der Waals surface area contributed by atoms with Crippen molar-refractivity contribution >= 4 is 5.91 Å². The number of hydrogen-bond acceptors (Lipinski definition) is 2. The summed E-state index contributed by atoms with van der Waals surface area (Å²) in [4.78, 5) is 16.6. The monoisotopic (exact) mass is 242 g/mol. The van der Waals surface area contributed by atoms with E-state index in [2.05, 4.69) is 17.7 Å². The Morgan fingerprint density at radius 2 is 1.94 bits per heavy atom. The number of benzene rings is 1. The number of carbonyl (C=O) groups excluding carboxylic acids is 1. The molecular weight excluding hydrogens is 224 g/mol. The summed E-state index contributed by atoms with van der Waals surface area (Å²) < 4.78 is 0. The molecule has 1 amide bonds. The molecule has 0 spiro atoms. The Bertz CT molecular complexity index is 468. The minimum Gasteiger partial charge on any atom is -0.336 e. The van der Waals surface area contributed by atoms with Gasteiger partial charge in [0.25, 0.3) is 5.91 Å². The number of nitrogens with zero attached hydrogens (tertiary/aromatic N) is 2. The molecule has 3 heteroatoms. The largest absolute Gasteiger partial charge is 0.336 e. The lowest BCUT2D eigenvalue weighted by Gasteiger charge is -2.34. The van der Waals surface area contributed by atoms with Crippen LogP contribution in [0.15, 0.2) is 24.3 Å². The molecule has 18 heavy (non-hydrogen) atoms. The average molecular weight is 242 g/mol. The number of terminal acetylenes is 1. The van der Waals surface area contributed by atoms with E-state index in [1.54, 1.807) is 0 Å². The Morgan fingerprint density at radius 1 is 1.28 bits per heavy atom. The lowest BCUT2D eigenvalue weighted by molar-refractivity contribution is 0.0643. The van der Waals surface area contributed by atoms with E-state index < -0.39 is 0 Å². The van der Waals surface area contributed by atoms with Crippen molar-refractivity contribution in [3.8, 4) is 12.3 Å². The highest BCUT2D eigenvalue weighted by Crippen LogP contribution is 2.12.